The molecule has 0 aromatic rings. The minimum atomic E-state index is -4.17. The molecule has 144 valence electrons. The van der Waals surface area contributed by atoms with E-state index < -0.39 is 7.82 Å². The SMILES string of the molecule is C=CC(=O)NCCCCCCCCCCCC.CCOP(=O)(O)O. The number of hydrogen-bond donors (Lipinski definition) is 3. The smallest absolute Gasteiger partial charge is 0.353 e. The first-order chi connectivity index (χ1) is 11.4. The summed E-state index contributed by atoms with van der Waals surface area (Å²) in [6, 6.07) is 0. The predicted octanol–water partition coefficient (Wildman–Crippen LogP) is 4.33. The van der Waals surface area contributed by atoms with Gasteiger partial charge in [-0.15, -0.1) is 0 Å². The number of hydrogen-bond acceptors (Lipinski definition) is 3. The van der Waals surface area contributed by atoms with Crippen molar-refractivity contribution < 1.29 is 23.7 Å². The van der Waals surface area contributed by atoms with E-state index in [1.165, 1.54) is 70.8 Å². The molecule has 0 rings (SSSR count). The van der Waals surface area contributed by atoms with Crippen molar-refractivity contribution in [3.05, 3.63) is 12.7 Å². The third kappa shape index (κ3) is 26.2. The lowest BCUT2D eigenvalue weighted by atomic mass is 10.1. The molecule has 1 amide bonds. The monoisotopic (exact) mass is 365 g/mol. The van der Waals surface area contributed by atoms with E-state index in [4.69, 9.17) is 9.79 Å². The summed E-state index contributed by atoms with van der Waals surface area (Å²) in [7, 11) is -4.17. The Morgan fingerprint density at radius 2 is 1.46 bits per heavy atom. The summed E-state index contributed by atoms with van der Waals surface area (Å²) in [5, 5.41) is 2.80. The number of unbranched alkanes of at least 4 members (excludes halogenated alkanes) is 9. The van der Waals surface area contributed by atoms with Gasteiger partial charge in [0.2, 0.25) is 5.91 Å². The van der Waals surface area contributed by atoms with E-state index in [9.17, 15) is 9.36 Å². The predicted molar refractivity (Wildman–Crippen MR) is 98.7 cm³/mol. The molecule has 0 radical (unpaired) electrons. The van der Waals surface area contributed by atoms with E-state index in [1.54, 1.807) is 0 Å². The highest BCUT2D eigenvalue weighted by Gasteiger charge is 2.10. The fourth-order valence-electron chi connectivity index (χ4n) is 2.06. The number of nitrogens with one attached hydrogen (secondary N) is 1. The van der Waals surface area contributed by atoms with Crippen LogP contribution in [-0.2, 0) is 13.9 Å². The number of phosphoric ester groups is 1. The minimum absolute atomic E-state index is 0.0459. The molecule has 0 spiro atoms. The van der Waals surface area contributed by atoms with Crippen LogP contribution in [0.4, 0.5) is 0 Å². The first kappa shape index (κ1) is 25.6. The maximum absolute atomic E-state index is 10.8. The highest BCUT2D eigenvalue weighted by molar-refractivity contribution is 7.46. The topological polar surface area (TPSA) is 95.9 Å². The second kappa shape index (κ2) is 18.7. The molecule has 0 heterocycles. The second-order valence-corrected chi connectivity index (χ2v) is 6.82. The zero-order valence-corrected chi connectivity index (χ0v) is 16.2. The zero-order chi connectivity index (χ0) is 18.7. The van der Waals surface area contributed by atoms with Gasteiger partial charge in [0, 0.05) is 6.54 Å². The fraction of sp³-hybridized carbons (Fsp3) is 0.824. The van der Waals surface area contributed by atoms with Crippen LogP contribution < -0.4 is 5.32 Å². The molecule has 0 aliphatic heterocycles. The largest absolute Gasteiger partial charge is 0.469 e. The summed E-state index contributed by atoms with van der Waals surface area (Å²) >= 11 is 0. The number of carbonyl (C=O) groups is 1. The summed E-state index contributed by atoms with van der Waals surface area (Å²) in [5.74, 6) is -0.0547. The van der Waals surface area contributed by atoms with Crippen molar-refractivity contribution in [1.29, 1.82) is 0 Å². The Morgan fingerprint density at radius 1 is 1.00 bits per heavy atom. The lowest BCUT2D eigenvalue weighted by Crippen LogP contribution is -2.21. The van der Waals surface area contributed by atoms with Crippen LogP contribution in [0.25, 0.3) is 0 Å². The molecule has 0 fully saturated rings. The first-order valence-electron chi connectivity index (χ1n) is 8.97. The molecular formula is C17H36NO5P. The van der Waals surface area contributed by atoms with E-state index in [0.29, 0.717) is 0 Å². The van der Waals surface area contributed by atoms with Gasteiger partial charge < -0.3 is 15.1 Å². The van der Waals surface area contributed by atoms with Crippen molar-refractivity contribution in [1.82, 2.24) is 5.32 Å². The van der Waals surface area contributed by atoms with Crippen molar-refractivity contribution in [3.8, 4) is 0 Å². The quantitative estimate of drug-likeness (QED) is 0.242. The van der Waals surface area contributed by atoms with Gasteiger partial charge >= 0.3 is 7.82 Å². The Bertz CT molecular complexity index is 344. The molecule has 0 aliphatic rings. The van der Waals surface area contributed by atoms with Crippen molar-refractivity contribution in [2.24, 2.45) is 0 Å². The Labute approximate surface area is 147 Å². The van der Waals surface area contributed by atoms with Crippen molar-refractivity contribution in [2.45, 2.75) is 78.1 Å². The second-order valence-electron chi connectivity index (χ2n) is 5.59. The maximum atomic E-state index is 10.8. The van der Waals surface area contributed by atoms with Gasteiger partial charge in [-0.05, 0) is 19.4 Å². The molecule has 0 saturated carbocycles. The zero-order valence-electron chi connectivity index (χ0n) is 15.3. The van der Waals surface area contributed by atoms with E-state index in [0.717, 1.165) is 13.0 Å². The Kier molecular flexibility index (Phi) is 19.9. The van der Waals surface area contributed by atoms with Crippen LogP contribution in [0.5, 0.6) is 0 Å². The standard InChI is InChI=1S/C15H29NO.C2H7O4P/c1-3-5-6-7-8-9-10-11-12-13-14-16-15(17)4-2;1-2-6-7(3,4)5/h4H,2-3,5-14H2,1H3,(H,16,17);2H2,1H3,(H2,3,4,5). The highest BCUT2D eigenvalue weighted by atomic mass is 31.2. The van der Waals surface area contributed by atoms with E-state index in [2.05, 4.69) is 23.3 Å². The van der Waals surface area contributed by atoms with Crippen LogP contribution in [0.3, 0.4) is 0 Å². The summed E-state index contributed by atoms with van der Waals surface area (Å²) in [5.41, 5.74) is 0. The maximum Gasteiger partial charge on any atom is 0.469 e. The Hall–Kier alpha value is -0.680. The van der Waals surface area contributed by atoms with E-state index in [-0.39, 0.29) is 12.5 Å². The lowest BCUT2D eigenvalue weighted by Gasteiger charge is -2.03. The number of phosphoric acid groups is 1. The van der Waals surface area contributed by atoms with Crippen LogP contribution in [0, 0.1) is 0 Å². The summed E-state index contributed by atoms with van der Waals surface area (Å²) in [4.78, 5) is 26.7. The number of amides is 1. The van der Waals surface area contributed by atoms with Crippen LogP contribution in [0.2, 0.25) is 0 Å². The average molecular weight is 365 g/mol. The number of carbonyl (C=O) groups excluding carboxylic acids is 1. The summed E-state index contributed by atoms with van der Waals surface area (Å²) in [6.07, 6.45) is 14.6. The molecule has 0 unspecified atom stereocenters. The normalized spacial score (nSPS) is 10.7. The van der Waals surface area contributed by atoms with Crippen molar-refractivity contribution in [3.63, 3.8) is 0 Å². The molecule has 0 atom stereocenters. The van der Waals surface area contributed by atoms with Gasteiger partial charge in [-0.1, -0.05) is 71.3 Å². The van der Waals surface area contributed by atoms with Gasteiger partial charge in [0.15, 0.2) is 0 Å². The molecular weight excluding hydrogens is 329 g/mol. The van der Waals surface area contributed by atoms with Gasteiger partial charge in [0.25, 0.3) is 0 Å². The van der Waals surface area contributed by atoms with Gasteiger partial charge in [0.05, 0.1) is 6.61 Å². The molecule has 0 aromatic heterocycles. The van der Waals surface area contributed by atoms with Crippen LogP contribution in [0.15, 0.2) is 12.7 Å². The molecule has 0 aromatic carbocycles. The van der Waals surface area contributed by atoms with E-state index >= 15 is 0 Å². The van der Waals surface area contributed by atoms with Crippen molar-refractivity contribution in [2.75, 3.05) is 13.2 Å². The van der Waals surface area contributed by atoms with Gasteiger partial charge in [-0.25, -0.2) is 4.57 Å². The highest BCUT2D eigenvalue weighted by Crippen LogP contribution is 2.34. The molecule has 0 aliphatic carbocycles. The molecule has 6 nitrogen and oxygen atoms in total. The fourth-order valence-corrected chi connectivity index (χ4v) is 2.40. The Balaban J connectivity index is 0. The van der Waals surface area contributed by atoms with Gasteiger partial charge in [0.1, 0.15) is 0 Å². The molecule has 7 heteroatoms. The summed E-state index contributed by atoms with van der Waals surface area (Å²) in [6.45, 7) is 8.03. The van der Waals surface area contributed by atoms with Crippen molar-refractivity contribution >= 4 is 13.7 Å². The van der Waals surface area contributed by atoms with Crippen LogP contribution in [-0.4, -0.2) is 28.8 Å². The molecule has 3 N–H and O–H groups in total. The van der Waals surface area contributed by atoms with Crippen LogP contribution >= 0.6 is 7.82 Å². The third-order valence-electron chi connectivity index (χ3n) is 3.31. The summed E-state index contributed by atoms with van der Waals surface area (Å²) < 4.78 is 13.6. The van der Waals surface area contributed by atoms with E-state index in [1.807, 2.05) is 0 Å². The van der Waals surface area contributed by atoms with Gasteiger partial charge in [-0.2, -0.15) is 0 Å². The average Bonchev–Trinajstić information content (AvgIpc) is 2.51. The third-order valence-corrected chi connectivity index (χ3v) is 3.91. The number of rotatable bonds is 14. The minimum Gasteiger partial charge on any atom is -0.353 e. The molecule has 0 bridgehead atoms. The molecule has 24 heavy (non-hydrogen) atoms. The van der Waals surface area contributed by atoms with Gasteiger partial charge in [-0.3, -0.25) is 9.32 Å². The first-order valence-corrected chi connectivity index (χ1v) is 10.5. The molecule has 0 saturated heterocycles. The van der Waals surface area contributed by atoms with Crippen LogP contribution in [0.1, 0.15) is 78.1 Å². The lowest BCUT2D eigenvalue weighted by molar-refractivity contribution is -0.116. The Morgan fingerprint density at radius 3 is 1.79 bits per heavy atom.